The van der Waals surface area contributed by atoms with Gasteiger partial charge in [0.25, 0.3) is 0 Å². The fourth-order valence-corrected chi connectivity index (χ4v) is 3.14. The fourth-order valence-electron chi connectivity index (χ4n) is 2.45. The summed E-state index contributed by atoms with van der Waals surface area (Å²) < 4.78 is 14.3. The number of hydrogen-bond acceptors (Lipinski definition) is 5. The van der Waals surface area contributed by atoms with Crippen LogP contribution in [0.25, 0.3) is 11.4 Å². The van der Waals surface area contributed by atoms with E-state index < -0.39 is 0 Å². The molecule has 0 aliphatic rings. The average molecular weight is 385 g/mol. The van der Waals surface area contributed by atoms with Gasteiger partial charge in [0.2, 0.25) is 11.1 Å². The Balaban J connectivity index is 1.49. The summed E-state index contributed by atoms with van der Waals surface area (Å²) in [5, 5.41) is 11.5. The normalized spacial score (nSPS) is 10.7. The molecule has 8 heteroatoms. The lowest BCUT2D eigenvalue weighted by Crippen LogP contribution is -2.27. The van der Waals surface area contributed by atoms with Crippen LogP contribution in [0.4, 0.5) is 4.39 Å². The third kappa shape index (κ3) is 5.07. The van der Waals surface area contributed by atoms with Crippen LogP contribution in [0.15, 0.2) is 53.7 Å². The van der Waals surface area contributed by atoms with Crippen LogP contribution in [-0.2, 0) is 11.2 Å². The topological polar surface area (TPSA) is 85.8 Å². The first-order valence-corrected chi connectivity index (χ1v) is 9.43. The van der Waals surface area contributed by atoms with Gasteiger partial charge in [-0.2, -0.15) is 0 Å². The van der Waals surface area contributed by atoms with Gasteiger partial charge in [0.1, 0.15) is 5.82 Å². The zero-order valence-electron chi connectivity index (χ0n) is 14.9. The number of aryl methyl sites for hydroxylation is 1. The Kier molecular flexibility index (Phi) is 6.08. The lowest BCUT2D eigenvalue weighted by atomic mass is 10.1. The van der Waals surface area contributed by atoms with Gasteiger partial charge in [0.15, 0.2) is 5.82 Å². The number of carbonyl (C=O) groups is 1. The van der Waals surface area contributed by atoms with E-state index in [0.29, 0.717) is 23.9 Å². The second-order valence-corrected chi connectivity index (χ2v) is 7.00. The molecule has 1 amide bonds. The highest BCUT2D eigenvalue weighted by atomic mass is 32.2. The van der Waals surface area contributed by atoms with Crippen molar-refractivity contribution in [3.8, 4) is 11.4 Å². The molecule has 0 unspecified atom stereocenters. The van der Waals surface area contributed by atoms with Gasteiger partial charge in [0, 0.05) is 12.1 Å². The number of nitrogens with one attached hydrogen (secondary N) is 1. The second-order valence-electron chi connectivity index (χ2n) is 6.06. The smallest absolute Gasteiger partial charge is 0.230 e. The Bertz CT molecular complexity index is 909. The van der Waals surface area contributed by atoms with E-state index in [-0.39, 0.29) is 17.5 Å². The molecule has 140 valence electrons. The summed E-state index contributed by atoms with van der Waals surface area (Å²) in [5.74, 6) is 6.40. The summed E-state index contributed by atoms with van der Waals surface area (Å²) >= 11 is 1.22. The van der Waals surface area contributed by atoms with Crippen molar-refractivity contribution < 1.29 is 9.18 Å². The summed E-state index contributed by atoms with van der Waals surface area (Å²) in [5.41, 5.74) is 2.98. The highest BCUT2D eigenvalue weighted by Crippen LogP contribution is 2.21. The van der Waals surface area contributed by atoms with Crippen molar-refractivity contribution in [3.05, 3.63) is 65.5 Å². The van der Waals surface area contributed by atoms with Crippen LogP contribution in [0.2, 0.25) is 0 Å². The van der Waals surface area contributed by atoms with Gasteiger partial charge in [-0.3, -0.25) is 4.79 Å². The third-order valence-corrected chi connectivity index (χ3v) is 4.90. The van der Waals surface area contributed by atoms with Crippen LogP contribution in [0.5, 0.6) is 0 Å². The minimum Gasteiger partial charge on any atom is -0.355 e. The standard InChI is InChI=1S/C19H20FN5OS/c1-13-2-6-15(7-3-13)18-23-24-19(25(18)21)27-12-17(26)22-11-10-14-4-8-16(20)9-5-14/h2-9H,10-12,21H2,1H3,(H,22,26). The van der Waals surface area contributed by atoms with E-state index in [1.165, 1.54) is 28.6 Å². The zero-order chi connectivity index (χ0) is 19.2. The van der Waals surface area contributed by atoms with Crippen molar-refractivity contribution in [1.29, 1.82) is 0 Å². The predicted molar refractivity (Wildman–Crippen MR) is 104 cm³/mol. The molecule has 1 aromatic heterocycles. The summed E-state index contributed by atoms with van der Waals surface area (Å²) in [6.07, 6.45) is 0.640. The molecule has 6 nitrogen and oxygen atoms in total. The molecule has 0 aliphatic heterocycles. The van der Waals surface area contributed by atoms with Crippen molar-refractivity contribution in [2.75, 3.05) is 18.1 Å². The summed E-state index contributed by atoms with van der Waals surface area (Å²) in [7, 11) is 0. The Hall–Kier alpha value is -2.87. The van der Waals surface area contributed by atoms with E-state index in [0.717, 1.165) is 16.7 Å². The van der Waals surface area contributed by atoms with Crippen molar-refractivity contribution in [1.82, 2.24) is 20.2 Å². The van der Waals surface area contributed by atoms with E-state index >= 15 is 0 Å². The van der Waals surface area contributed by atoms with Gasteiger partial charge in [-0.05, 0) is 31.0 Å². The minimum atomic E-state index is -0.268. The third-order valence-electron chi connectivity index (χ3n) is 3.96. The molecule has 3 rings (SSSR count). The molecule has 27 heavy (non-hydrogen) atoms. The number of nitrogens with two attached hydrogens (primary N) is 1. The van der Waals surface area contributed by atoms with Gasteiger partial charge in [-0.1, -0.05) is 53.7 Å². The second kappa shape index (κ2) is 8.68. The largest absolute Gasteiger partial charge is 0.355 e. The molecule has 3 aromatic rings. The lowest BCUT2D eigenvalue weighted by molar-refractivity contribution is -0.118. The van der Waals surface area contributed by atoms with Crippen LogP contribution < -0.4 is 11.2 Å². The monoisotopic (exact) mass is 385 g/mol. The van der Waals surface area contributed by atoms with Gasteiger partial charge < -0.3 is 11.2 Å². The number of halogens is 1. The molecule has 0 saturated carbocycles. The van der Waals surface area contributed by atoms with Gasteiger partial charge in [-0.25, -0.2) is 9.07 Å². The Labute approximate surface area is 161 Å². The molecule has 2 aromatic carbocycles. The molecular weight excluding hydrogens is 365 g/mol. The maximum atomic E-state index is 12.9. The van der Waals surface area contributed by atoms with Crippen molar-refractivity contribution in [3.63, 3.8) is 0 Å². The van der Waals surface area contributed by atoms with Gasteiger partial charge >= 0.3 is 0 Å². The molecule has 0 fully saturated rings. The first-order valence-electron chi connectivity index (χ1n) is 8.44. The number of hydrogen-bond donors (Lipinski definition) is 2. The Morgan fingerprint density at radius 3 is 2.56 bits per heavy atom. The molecular formula is C19H20FN5OS. The van der Waals surface area contributed by atoms with Gasteiger partial charge in [-0.15, -0.1) is 10.2 Å². The number of thioether (sulfide) groups is 1. The molecule has 0 atom stereocenters. The molecule has 3 N–H and O–H groups in total. The number of amides is 1. The van der Waals surface area contributed by atoms with Crippen LogP contribution in [0.1, 0.15) is 11.1 Å². The molecule has 0 radical (unpaired) electrons. The maximum Gasteiger partial charge on any atom is 0.230 e. The molecule has 0 spiro atoms. The van der Waals surface area contributed by atoms with Crippen molar-refractivity contribution >= 4 is 17.7 Å². The minimum absolute atomic E-state index is 0.123. The first-order chi connectivity index (χ1) is 13.0. The summed E-state index contributed by atoms with van der Waals surface area (Å²) in [4.78, 5) is 12.0. The van der Waals surface area contributed by atoms with Crippen molar-refractivity contribution in [2.24, 2.45) is 0 Å². The van der Waals surface area contributed by atoms with E-state index in [1.807, 2.05) is 31.2 Å². The summed E-state index contributed by atoms with van der Waals surface area (Å²) in [6, 6.07) is 14.0. The van der Waals surface area contributed by atoms with E-state index in [9.17, 15) is 9.18 Å². The highest BCUT2D eigenvalue weighted by Gasteiger charge is 2.13. The number of aromatic nitrogens is 3. The van der Waals surface area contributed by atoms with Crippen LogP contribution in [0, 0.1) is 12.7 Å². The SMILES string of the molecule is Cc1ccc(-c2nnc(SCC(=O)NCCc3ccc(F)cc3)n2N)cc1. The first kappa shape index (κ1) is 18.9. The molecule has 0 bridgehead atoms. The van der Waals surface area contributed by atoms with E-state index in [2.05, 4.69) is 15.5 Å². The van der Waals surface area contributed by atoms with Gasteiger partial charge in [0.05, 0.1) is 5.75 Å². The fraction of sp³-hybridized carbons (Fsp3) is 0.211. The molecule has 1 heterocycles. The van der Waals surface area contributed by atoms with Crippen molar-refractivity contribution in [2.45, 2.75) is 18.5 Å². The Morgan fingerprint density at radius 2 is 1.85 bits per heavy atom. The number of nitrogens with zero attached hydrogens (tertiary/aromatic N) is 3. The lowest BCUT2D eigenvalue weighted by Gasteiger charge is -2.06. The molecule has 0 aliphatic carbocycles. The zero-order valence-corrected chi connectivity index (χ0v) is 15.7. The number of benzene rings is 2. The Morgan fingerprint density at radius 1 is 1.15 bits per heavy atom. The highest BCUT2D eigenvalue weighted by molar-refractivity contribution is 7.99. The van der Waals surface area contributed by atoms with E-state index in [1.54, 1.807) is 12.1 Å². The van der Waals surface area contributed by atoms with Crippen LogP contribution >= 0.6 is 11.8 Å². The van der Waals surface area contributed by atoms with Crippen LogP contribution in [-0.4, -0.2) is 33.1 Å². The number of rotatable bonds is 7. The quantitative estimate of drug-likeness (QED) is 0.482. The maximum absolute atomic E-state index is 12.9. The number of carbonyl (C=O) groups excluding carboxylic acids is 1. The molecule has 0 saturated heterocycles. The average Bonchev–Trinajstić information content (AvgIpc) is 3.03. The van der Waals surface area contributed by atoms with E-state index in [4.69, 9.17) is 5.84 Å². The summed E-state index contributed by atoms with van der Waals surface area (Å²) in [6.45, 7) is 2.49. The number of nitrogen functional groups attached to an aromatic ring is 1. The predicted octanol–water partition coefficient (Wildman–Crippen LogP) is 2.56. The van der Waals surface area contributed by atoms with Crippen LogP contribution in [0.3, 0.4) is 0 Å².